The van der Waals surface area contributed by atoms with Crippen molar-refractivity contribution in [2.75, 3.05) is 19.8 Å². The summed E-state index contributed by atoms with van der Waals surface area (Å²) in [6.07, 6.45) is -10.8. The Labute approximate surface area is 431 Å². The Kier molecular flexibility index (Phi) is 17.7. The summed E-state index contributed by atoms with van der Waals surface area (Å²) >= 11 is 0. The molecular weight excluding hydrogens is 953 g/mol. The van der Waals surface area contributed by atoms with Gasteiger partial charge < -0.3 is 94.1 Å². The van der Waals surface area contributed by atoms with Crippen LogP contribution in [-0.2, 0) is 37.9 Å². The van der Waals surface area contributed by atoms with Gasteiger partial charge in [-0.15, -0.1) is 0 Å². The minimum Gasteiger partial charge on any atom is -0.394 e. The van der Waals surface area contributed by atoms with Gasteiger partial charge in [0.1, 0.15) is 36.6 Å². The molecule has 0 aromatic heterocycles. The fourth-order valence-electron chi connectivity index (χ4n) is 15.5. The Balaban J connectivity index is 0.957. The third-order valence-electron chi connectivity index (χ3n) is 20.3. The van der Waals surface area contributed by atoms with E-state index >= 15 is 0 Å². The maximum absolute atomic E-state index is 11.8. The van der Waals surface area contributed by atoms with Crippen LogP contribution in [0, 0.1) is 45.3 Å². The molecule has 0 aromatic rings. The summed E-state index contributed by atoms with van der Waals surface area (Å²) in [5.74, 6) is 1.44. The summed E-state index contributed by atoms with van der Waals surface area (Å²) in [6.45, 7) is 18.2. The normalized spacial score (nSPS) is 50.0. The second-order valence-electron chi connectivity index (χ2n) is 25.5. The molecule has 4 saturated heterocycles. The van der Waals surface area contributed by atoms with E-state index in [0.717, 1.165) is 44.9 Å². The highest BCUT2D eigenvalue weighted by atomic mass is 16.8. The molecule has 7 fully saturated rings. The molecule has 422 valence electrons. The highest BCUT2D eigenvalue weighted by Gasteiger charge is 2.67. The molecule has 73 heavy (non-hydrogen) atoms. The van der Waals surface area contributed by atoms with Crippen LogP contribution in [0.3, 0.4) is 0 Å². The van der Waals surface area contributed by atoms with E-state index in [-0.39, 0.29) is 66.2 Å². The first kappa shape index (κ1) is 58.1. The number of hydrogen-bond donors (Lipinski definition) is 11. The van der Waals surface area contributed by atoms with Gasteiger partial charge in [-0.2, -0.15) is 0 Å². The Bertz CT molecular complexity index is 1870. The van der Waals surface area contributed by atoms with Crippen molar-refractivity contribution in [2.45, 2.75) is 262 Å². The van der Waals surface area contributed by atoms with Crippen molar-refractivity contribution >= 4 is 0 Å². The molecule has 19 heteroatoms. The van der Waals surface area contributed by atoms with Crippen molar-refractivity contribution in [3.05, 3.63) is 11.6 Å². The van der Waals surface area contributed by atoms with Gasteiger partial charge in [0.15, 0.2) is 25.2 Å². The van der Waals surface area contributed by atoms with Crippen LogP contribution in [0.1, 0.15) is 139 Å². The lowest BCUT2D eigenvalue weighted by molar-refractivity contribution is -0.360. The fraction of sp³-hybridized carbons (Fsp3) is 0.963. The van der Waals surface area contributed by atoms with Gasteiger partial charge in [-0.1, -0.05) is 53.2 Å². The smallest absolute Gasteiger partial charge is 0.187 e. The molecule has 11 N–H and O–H groups in total. The van der Waals surface area contributed by atoms with Gasteiger partial charge in [0.2, 0.25) is 0 Å². The van der Waals surface area contributed by atoms with Crippen LogP contribution in [0.5, 0.6) is 0 Å². The van der Waals surface area contributed by atoms with Crippen LogP contribution >= 0.6 is 0 Å². The largest absolute Gasteiger partial charge is 0.394 e. The van der Waals surface area contributed by atoms with Crippen molar-refractivity contribution in [2.24, 2.45) is 45.3 Å². The summed E-state index contributed by atoms with van der Waals surface area (Å²) in [5.41, 5.74) is -0.205. The standard InChI is InChI=1S/C54H92O19/c1-26(31-16-17-54(9)37-13-11-32-33(52(37,7)18-19-53(31,54)8)12-15-38(50(32,3)4)71-47-41(61)34(57)20-28(23-55)68-47)10-14-39(51(5,6)65)72-49-45(73-48-42(62)35(58)21-29(24-56)69-48)36(59)22-30(70-49)25-66-46-44(64)43(63)40(60)27(2)67-46/h11,26-31,33-49,55-65H,10,12-25H2,1-9H3/t26-,27-,28+,29?,30+,31?,33?,34+,35+,36+,37?,38+,39-,40-,41-,42-,43+,44-,45?,46+,47+,48+,49+,52+,53-,54+/m1/s1. The Morgan fingerprint density at radius 2 is 1.26 bits per heavy atom. The molecule has 26 atom stereocenters. The predicted molar refractivity (Wildman–Crippen MR) is 261 cm³/mol. The van der Waals surface area contributed by atoms with E-state index in [1.807, 2.05) is 0 Å². The molecule has 0 amide bonds. The van der Waals surface area contributed by atoms with Crippen molar-refractivity contribution in [1.82, 2.24) is 0 Å². The minimum atomic E-state index is -1.57. The molecule has 8 rings (SSSR count). The molecule has 0 spiro atoms. The molecule has 0 bridgehead atoms. The van der Waals surface area contributed by atoms with Gasteiger partial charge in [-0.3, -0.25) is 0 Å². The highest BCUT2D eigenvalue weighted by molar-refractivity contribution is 5.30. The molecule has 4 aliphatic heterocycles. The Morgan fingerprint density at radius 3 is 1.88 bits per heavy atom. The minimum absolute atomic E-state index is 0.0311. The number of ether oxygens (including phenoxy) is 8. The average Bonchev–Trinajstić information content (AvgIpc) is 3.61. The Morgan fingerprint density at radius 1 is 0.658 bits per heavy atom. The van der Waals surface area contributed by atoms with E-state index in [9.17, 15) is 56.2 Å². The number of fused-ring (bicyclic) bond motifs is 5. The van der Waals surface area contributed by atoms with E-state index < -0.39 is 123 Å². The van der Waals surface area contributed by atoms with Crippen LogP contribution in [0.4, 0.5) is 0 Å². The number of hydrogen-bond acceptors (Lipinski definition) is 19. The number of rotatable bonds is 16. The van der Waals surface area contributed by atoms with Gasteiger partial charge in [-0.05, 0) is 118 Å². The van der Waals surface area contributed by atoms with E-state index in [2.05, 4.69) is 47.6 Å². The first-order chi connectivity index (χ1) is 34.2. The third-order valence-corrected chi connectivity index (χ3v) is 20.3. The molecule has 4 heterocycles. The molecule has 8 aliphatic rings. The van der Waals surface area contributed by atoms with Crippen LogP contribution in [-0.4, -0.2) is 198 Å². The van der Waals surface area contributed by atoms with Crippen LogP contribution < -0.4 is 0 Å². The quantitative estimate of drug-likeness (QED) is 0.0985. The van der Waals surface area contributed by atoms with E-state index in [0.29, 0.717) is 30.6 Å². The van der Waals surface area contributed by atoms with E-state index in [1.165, 1.54) is 12.5 Å². The Hall–Kier alpha value is -1.02. The van der Waals surface area contributed by atoms with Gasteiger partial charge in [-0.25, -0.2) is 0 Å². The zero-order chi connectivity index (χ0) is 53.3. The fourth-order valence-corrected chi connectivity index (χ4v) is 15.5. The first-order valence-electron chi connectivity index (χ1n) is 27.5. The molecule has 3 saturated carbocycles. The number of aliphatic hydroxyl groups excluding tert-OH is 10. The number of allylic oxidation sites excluding steroid dienone is 1. The van der Waals surface area contributed by atoms with Crippen molar-refractivity contribution in [3.63, 3.8) is 0 Å². The van der Waals surface area contributed by atoms with Crippen molar-refractivity contribution in [1.29, 1.82) is 0 Å². The number of aliphatic hydroxyl groups is 11. The van der Waals surface area contributed by atoms with Crippen LogP contribution in [0.25, 0.3) is 0 Å². The van der Waals surface area contributed by atoms with Crippen LogP contribution in [0.2, 0.25) is 0 Å². The molecule has 0 aromatic carbocycles. The molecule has 5 unspecified atom stereocenters. The van der Waals surface area contributed by atoms with Gasteiger partial charge in [0, 0.05) is 24.7 Å². The second-order valence-corrected chi connectivity index (χ2v) is 25.5. The zero-order valence-corrected chi connectivity index (χ0v) is 44.6. The van der Waals surface area contributed by atoms with Crippen LogP contribution in [0.15, 0.2) is 11.6 Å². The van der Waals surface area contributed by atoms with E-state index in [4.69, 9.17) is 37.9 Å². The summed E-state index contributed by atoms with van der Waals surface area (Å²) in [7, 11) is 0. The van der Waals surface area contributed by atoms with Gasteiger partial charge in [0.05, 0.1) is 80.4 Å². The molecule has 19 nitrogen and oxygen atoms in total. The third kappa shape index (κ3) is 11.0. The second kappa shape index (κ2) is 22.3. The summed E-state index contributed by atoms with van der Waals surface area (Å²) in [5, 5.41) is 117. The highest BCUT2D eigenvalue weighted by Crippen LogP contribution is 2.75. The molecular formula is C54H92O19. The van der Waals surface area contributed by atoms with Crippen molar-refractivity contribution in [3.8, 4) is 0 Å². The lowest BCUT2D eigenvalue weighted by atomic mass is 9.39. The molecule has 0 radical (unpaired) electrons. The zero-order valence-electron chi connectivity index (χ0n) is 44.6. The SMILES string of the molecule is C[C@H](CC[C@@H](O[C@@H]1O[C@H](CO[C@H]2O[C@H](C)[C@@H](O)[C@H](O)[C@H]2O)C[C@H](O)C1O[C@@H]1OC(CO)C[C@H](O)[C@H]1O)C(C)(C)O)C1CC[C@@]2(C)C3CC=C4C(CC[C@H](O[C@@H]5O[C@H](CO)C[C@H](O)[C@H]5O)C4(C)C)[C@]3(C)CC[C@]12C. The topological polar surface area (TPSA) is 296 Å². The summed E-state index contributed by atoms with van der Waals surface area (Å²) in [6, 6.07) is 0. The maximum atomic E-state index is 11.8. The lowest BCUT2D eigenvalue weighted by Gasteiger charge is -2.66. The lowest BCUT2D eigenvalue weighted by Crippen LogP contribution is -2.60. The average molecular weight is 1050 g/mol. The maximum Gasteiger partial charge on any atom is 0.187 e. The first-order valence-corrected chi connectivity index (χ1v) is 27.5. The summed E-state index contributed by atoms with van der Waals surface area (Å²) < 4.78 is 49.1. The van der Waals surface area contributed by atoms with Crippen molar-refractivity contribution < 1.29 is 94.1 Å². The van der Waals surface area contributed by atoms with Gasteiger partial charge >= 0.3 is 0 Å². The predicted octanol–water partition coefficient (Wildman–Crippen LogP) is 1.91. The monoisotopic (exact) mass is 1040 g/mol. The van der Waals surface area contributed by atoms with Gasteiger partial charge in [0.25, 0.3) is 0 Å². The van der Waals surface area contributed by atoms with E-state index in [1.54, 1.807) is 13.8 Å². The summed E-state index contributed by atoms with van der Waals surface area (Å²) in [4.78, 5) is 0. The molecule has 4 aliphatic carbocycles.